The molecule has 0 unspecified atom stereocenters. The third kappa shape index (κ3) is 6.34. The van der Waals surface area contributed by atoms with E-state index in [1.165, 1.54) is 19.4 Å². The molecule has 0 spiro atoms. The van der Waals surface area contributed by atoms with Gasteiger partial charge in [-0.1, -0.05) is 53.1 Å². The van der Waals surface area contributed by atoms with Crippen LogP contribution in [0.25, 0.3) is 11.0 Å². The maximum Gasteiger partial charge on any atom is 0.417 e. The van der Waals surface area contributed by atoms with Crippen molar-refractivity contribution >= 4 is 52.4 Å². The van der Waals surface area contributed by atoms with Gasteiger partial charge in [0.1, 0.15) is 18.1 Å². The van der Waals surface area contributed by atoms with E-state index in [0.717, 1.165) is 16.4 Å². The Bertz CT molecular complexity index is 1910. The highest BCUT2D eigenvalue weighted by Crippen LogP contribution is 2.45. The second-order valence-electron chi connectivity index (χ2n) is 12.7. The number of anilines is 1. The van der Waals surface area contributed by atoms with Crippen LogP contribution in [-0.4, -0.2) is 50.5 Å². The maximum absolute atomic E-state index is 14.6. The number of aromatic nitrogens is 3. The Kier molecular flexibility index (Phi) is 10.4. The molecule has 8 nitrogen and oxygen atoms in total. The van der Waals surface area contributed by atoms with Gasteiger partial charge in [0.25, 0.3) is 10.0 Å². The van der Waals surface area contributed by atoms with Gasteiger partial charge in [0.05, 0.1) is 21.2 Å². The molecule has 0 aliphatic heterocycles. The number of hydrogen-bond acceptors (Lipinski definition) is 6. The van der Waals surface area contributed by atoms with Crippen molar-refractivity contribution in [3.63, 3.8) is 0 Å². The predicted octanol–water partition coefficient (Wildman–Crippen LogP) is 8.77. The van der Waals surface area contributed by atoms with E-state index in [4.69, 9.17) is 21.3 Å². The Morgan fingerprint density at radius 1 is 1.00 bits per heavy atom. The first-order valence-electron chi connectivity index (χ1n) is 15.2. The van der Waals surface area contributed by atoms with Crippen LogP contribution in [0.2, 0.25) is 21.6 Å². The molecule has 14 heteroatoms. The second-order valence-corrected chi connectivity index (χ2v) is 20.7. The minimum absolute atomic E-state index is 0.139. The van der Waals surface area contributed by atoms with E-state index in [0.29, 0.717) is 50.4 Å². The first kappa shape index (κ1) is 36.6. The molecular weight excluding hydrogens is 669 g/mol. The van der Waals surface area contributed by atoms with Crippen LogP contribution in [0.3, 0.4) is 0 Å². The molecule has 1 aromatic carbocycles. The molecular formula is C33H40ClF3N4O4SSi. The number of aryl methyl sites for hydroxylation is 2. The molecule has 0 N–H and O–H groups in total. The van der Waals surface area contributed by atoms with Gasteiger partial charge in [-0.2, -0.15) is 13.2 Å². The minimum atomic E-state index is -4.90. The van der Waals surface area contributed by atoms with Crippen molar-refractivity contribution in [3.8, 4) is 0 Å². The van der Waals surface area contributed by atoms with Crippen molar-refractivity contribution in [2.75, 3.05) is 18.1 Å². The van der Waals surface area contributed by atoms with Crippen LogP contribution in [0.5, 0.6) is 0 Å². The lowest BCUT2D eigenvalue weighted by molar-refractivity contribution is -0.137. The fourth-order valence-corrected chi connectivity index (χ4v) is 15.2. The van der Waals surface area contributed by atoms with Gasteiger partial charge in [-0.05, 0) is 78.1 Å². The average molecular weight is 709 g/mol. The summed E-state index contributed by atoms with van der Waals surface area (Å²) in [5.41, 5.74) is 1.46. The molecule has 0 saturated carbocycles. The van der Waals surface area contributed by atoms with Crippen molar-refractivity contribution in [2.45, 2.75) is 83.1 Å². The molecule has 0 fully saturated rings. The third-order valence-electron chi connectivity index (χ3n) is 8.89. The van der Waals surface area contributed by atoms with Crippen LogP contribution in [0.15, 0.2) is 53.8 Å². The highest BCUT2D eigenvalue weighted by atomic mass is 35.5. The largest absolute Gasteiger partial charge is 0.417 e. The van der Waals surface area contributed by atoms with E-state index < -0.39 is 52.4 Å². The zero-order valence-electron chi connectivity index (χ0n) is 27.9. The normalized spacial score (nSPS) is 12.9. The summed E-state index contributed by atoms with van der Waals surface area (Å²) in [5.74, 6) is -0.558. The quantitative estimate of drug-likeness (QED) is 0.0879. The molecule has 0 atom stereocenters. The van der Waals surface area contributed by atoms with Gasteiger partial charge in [-0.15, -0.1) is 0 Å². The Labute approximate surface area is 280 Å². The van der Waals surface area contributed by atoms with Crippen molar-refractivity contribution in [1.82, 2.24) is 14.2 Å². The number of rotatable bonds is 11. The molecule has 0 bridgehead atoms. The Morgan fingerprint density at radius 3 is 2.17 bits per heavy atom. The van der Waals surface area contributed by atoms with Crippen LogP contribution in [0.1, 0.15) is 74.3 Å². The highest BCUT2D eigenvalue weighted by molar-refractivity contribution is 7.92. The number of carbonyl (C=O) groups is 1. The number of sulfonamides is 1. The predicted molar refractivity (Wildman–Crippen MR) is 181 cm³/mol. The number of carbonyl (C=O) groups excluding carboxylic acids is 1. The smallest absolute Gasteiger partial charge is 0.363 e. The van der Waals surface area contributed by atoms with Gasteiger partial charge >= 0.3 is 6.18 Å². The summed E-state index contributed by atoms with van der Waals surface area (Å²) in [5, 5.41) is -0.0396. The van der Waals surface area contributed by atoms with Crippen LogP contribution in [0.4, 0.5) is 18.9 Å². The molecule has 0 radical (unpaired) electrons. The number of halogens is 4. The Hall–Kier alpha value is -3.26. The van der Waals surface area contributed by atoms with E-state index >= 15 is 0 Å². The number of hydrogen-bond donors (Lipinski definition) is 0. The summed E-state index contributed by atoms with van der Waals surface area (Å²) in [6.07, 6.45) is 0.175. The number of alkyl halides is 3. The number of nitrogens with zero attached hydrogens (tertiary/aromatic N) is 4. The van der Waals surface area contributed by atoms with Crippen molar-refractivity contribution in [3.05, 3.63) is 81.9 Å². The number of pyridine rings is 2. The average Bonchev–Trinajstić information content (AvgIpc) is 3.38. The maximum atomic E-state index is 14.6. The number of methoxy groups -OCH3 is 1. The van der Waals surface area contributed by atoms with Gasteiger partial charge < -0.3 is 8.97 Å². The molecule has 0 aliphatic carbocycles. The van der Waals surface area contributed by atoms with Crippen molar-refractivity contribution in [1.29, 1.82) is 0 Å². The first-order chi connectivity index (χ1) is 21.8. The van der Waals surface area contributed by atoms with Crippen molar-refractivity contribution in [2.24, 2.45) is 0 Å². The van der Waals surface area contributed by atoms with Gasteiger partial charge in [0.2, 0.25) is 5.78 Å². The standard InChI is InChI=1S/C33H40ClF3N4O4SSi/c1-19(2)47(20(3)4,21(5)6)41-13-12-25-29(23(8)17-39-32(25)41)31(42)30-28(14-22(7)16-38-30)40(18-45-9)46(43,44)24-10-11-27(34)26(15-24)33(35,36)37/h10-17,19-21H,18H2,1-9H3. The molecule has 0 amide bonds. The zero-order valence-corrected chi connectivity index (χ0v) is 30.5. The number of ketones is 1. The van der Waals surface area contributed by atoms with Gasteiger partial charge in [-0.25, -0.2) is 17.7 Å². The summed E-state index contributed by atoms with van der Waals surface area (Å²) in [7, 11) is -5.75. The number of fused-ring (bicyclic) bond motifs is 1. The van der Waals surface area contributed by atoms with Crippen LogP contribution in [0, 0.1) is 13.8 Å². The highest BCUT2D eigenvalue weighted by Gasteiger charge is 2.46. The van der Waals surface area contributed by atoms with Crippen LogP contribution in [-0.2, 0) is 20.9 Å². The van der Waals surface area contributed by atoms with E-state index in [1.54, 1.807) is 20.0 Å². The lowest BCUT2D eigenvalue weighted by Crippen LogP contribution is -2.51. The summed E-state index contributed by atoms with van der Waals surface area (Å²) in [6, 6.07) is 5.65. The monoisotopic (exact) mass is 708 g/mol. The minimum Gasteiger partial charge on any atom is -0.363 e. The lowest BCUT2D eigenvalue weighted by atomic mass is 9.99. The SMILES string of the molecule is COCN(c1cc(C)cnc1C(=O)c1c(C)cnc2c1ccn2[Si](C(C)C)(C(C)C)C(C)C)S(=O)(=O)c1ccc(Cl)c(C(F)(F)F)c1. The summed E-state index contributed by atoms with van der Waals surface area (Å²) in [6.45, 7) is 16.2. The van der Waals surface area contributed by atoms with Crippen molar-refractivity contribution < 1.29 is 31.1 Å². The Morgan fingerprint density at radius 2 is 1.62 bits per heavy atom. The Balaban J connectivity index is 1.96. The van der Waals surface area contributed by atoms with Gasteiger partial charge in [0, 0.05) is 30.5 Å². The van der Waals surface area contributed by atoms with E-state index in [2.05, 4.69) is 50.8 Å². The molecule has 0 aliphatic rings. The van der Waals surface area contributed by atoms with Gasteiger partial charge in [-0.3, -0.25) is 9.78 Å². The third-order valence-corrected chi connectivity index (χ3v) is 17.7. The van der Waals surface area contributed by atoms with Gasteiger partial charge in [0.15, 0.2) is 8.24 Å². The lowest BCUT2D eigenvalue weighted by Gasteiger charge is -2.44. The fraction of sp³-hybridized carbons (Fsp3) is 0.424. The molecule has 4 rings (SSSR count). The molecule has 3 aromatic heterocycles. The summed E-state index contributed by atoms with van der Waals surface area (Å²) in [4.78, 5) is 23.1. The fourth-order valence-electron chi connectivity index (χ4n) is 7.07. The molecule has 47 heavy (non-hydrogen) atoms. The van der Waals surface area contributed by atoms with Crippen LogP contribution < -0.4 is 4.31 Å². The van der Waals surface area contributed by atoms with E-state index in [1.807, 2.05) is 12.3 Å². The first-order valence-corrected chi connectivity index (χ1v) is 19.2. The second kappa shape index (κ2) is 13.3. The summed E-state index contributed by atoms with van der Waals surface area (Å²) < 4.78 is 77.4. The topological polar surface area (TPSA) is 94.4 Å². The molecule has 254 valence electrons. The number of benzene rings is 1. The summed E-state index contributed by atoms with van der Waals surface area (Å²) >= 11 is 5.78. The zero-order chi connectivity index (χ0) is 35.2. The molecule has 4 aromatic rings. The molecule has 0 saturated heterocycles. The van der Waals surface area contributed by atoms with E-state index in [9.17, 15) is 26.4 Å². The van der Waals surface area contributed by atoms with E-state index in [-0.39, 0.29) is 11.4 Å². The van der Waals surface area contributed by atoms with Crippen LogP contribution >= 0.6 is 11.6 Å². The number of ether oxygens (including phenoxy) is 1. The molecule has 3 heterocycles.